The minimum absolute atomic E-state index is 0.296. The van der Waals surface area contributed by atoms with Gasteiger partial charge in [0.05, 0.1) is 0 Å². The zero-order valence-electron chi connectivity index (χ0n) is 12.4. The molecule has 0 saturated carbocycles. The number of carbonyl (C=O) groups excluding carboxylic acids is 1. The third-order valence-corrected chi connectivity index (χ3v) is 3.20. The highest BCUT2D eigenvalue weighted by Crippen LogP contribution is 2.13. The van der Waals surface area contributed by atoms with Crippen LogP contribution in [0.15, 0.2) is 89.6 Å². The predicted molar refractivity (Wildman–Crippen MR) is 92.6 cm³/mol. The van der Waals surface area contributed by atoms with Crippen molar-refractivity contribution in [3.63, 3.8) is 0 Å². The van der Waals surface area contributed by atoms with Gasteiger partial charge in [-0.3, -0.25) is 0 Å². The summed E-state index contributed by atoms with van der Waals surface area (Å²) in [5.41, 5.74) is 2.38. The number of aliphatic imine (C=N–C) groups is 1. The molecule has 23 heavy (non-hydrogen) atoms. The molecule has 112 valence electrons. The summed E-state index contributed by atoms with van der Waals surface area (Å²) in [7, 11) is 0. The topological polar surface area (TPSA) is 38.7 Å². The zero-order chi connectivity index (χ0) is 15.9. The molecule has 0 aliphatic carbocycles. The summed E-state index contributed by atoms with van der Waals surface area (Å²) in [6.45, 7) is 0. The molecular weight excluding hydrogens is 286 g/mol. The summed E-state index contributed by atoms with van der Waals surface area (Å²) in [5, 5.41) is 0. The molecule has 0 aromatic heterocycles. The molecule has 0 spiro atoms. The van der Waals surface area contributed by atoms with Gasteiger partial charge in [0.2, 0.25) is 5.90 Å². The smallest absolute Gasteiger partial charge is 0.363 e. The first kappa shape index (κ1) is 14.7. The number of hydrogen-bond acceptors (Lipinski definition) is 3. The number of esters is 1. The Bertz CT molecular complexity index is 800. The van der Waals surface area contributed by atoms with Crippen LogP contribution in [-0.4, -0.2) is 11.9 Å². The number of carbonyl (C=O) groups is 1. The van der Waals surface area contributed by atoms with Gasteiger partial charge in [0.1, 0.15) is 0 Å². The molecule has 1 aliphatic heterocycles. The summed E-state index contributed by atoms with van der Waals surface area (Å²) in [5.74, 6) is -0.131. The Morgan fingerprint density at radius 2 is 1.39 bits per heavy atom. The molecule has 0 saturated heterocycles. The fourth-order valence-electron chi connectivity index (χ4n) is 2.06. The lowest BCUT2D eigenvalue weighted by Crippen LogP contribution is -2.00. The number of ether oxygens (including phenoxy) is 1. The molecule has 0 amide bonds. The van der Waals surface area contributed by atoms with Crippen molar-refractivity contribution in [2.75, 3.05) is 0 Å². The van der Waals surface area contributed by atoms with Crippen LogP contribution in [0, 0.1) is 0 Å². The van der Waals surface area contributed by atoms with Crippen molar-refractivity contribution in [3.8, 4) is 0 Å². The Labute approximate surface area is 135 Å². The Kier molecular flexibility index (Phi) is 4.60. The first-order valence-corrected chi connectivity index (χ1v) is 7.29. The Hall–Kier alpha value is -3.20. The van der Waals surface area contributed by atoms with E-state index in [0.717, 1.165) is 11.1 Å². The monoisotopic (exact) mass is 301 g/mol. The molecule has 3 heteroatoms. The SMILES string of the molecule is O=C1OC(C=Cc2ccccc2)=N/C1=C\C=C\c1ccccc1. The maximum atomic E-state index is 11.8. The van der Waals surface area contributed by atoms with Gasteiger partial charge in [-0.2, -0.15) is 0 Å². The van der Waals surface area contributed by atoms with E-state index in [9.17, 15) is 4.79 Å². The fourth-order valence-corrected chi connectivity index (χ4v) is 2.06. The van der Waals surface area contributed by atoms with Gasteiger partial charge in [0.15, 0.2) is 5.70 Å². The second-order valence-corrected chi connectivity index (χ2v) is 4.91. The molecule has 0 fully saturated rings. The molecule has 0 N–H and O–H groups in total. The largest absolute Gasteiger partial charge is 0.403 e. The van der Waals surface area contributed by atoms with Crippen LogP contribution in [0.4, 0.5) is 0 Å². The molecule has 1 aliphatic rings. The third kappa shape index (κ3) is 4.14. The van der Waals surface area contributed by atoms with E-state index in [1.165, 1.54) is 0 Å². The highest BCUT2D eigenvalue weighted by Gasteiger charge is 2.20. The lowest BCUT2D eigenvalue weighted by molar-refractivity contribution is -0.129. The van der Waals surface area contributed by atoms with E-state index in [0.29, 0.717) is 11.6 Å². The van der Waals surface area contributed by atoms with Gasteiger partial charge in [-0.1, -0.05) is 72.8 Å². The van der Waals surface area contributed by atoms with Gasteiger partial charge in [0.25, 0.3) is 0 Å². The van der Waals surface area contributed by atoms with Crippen LogP contribution in [0.2, 0.25) is 0 Å². The summed E-state index contributed by atoms with van der Waals surface area (Å²) in [6.07, 6.45) is 8.90. The van der Waals surface area contributed by atoms with Crippen molar-refractivity contribution < 1.29 is 9.53 Å². The van der Waals surface area contributed by atoms with E-state index < -0.39 is 5.97 Å². The van der Waals surface area contributed by atoms with Crippen molar-refractivity contribution in [1.29, 1.82) is 0 Å². The number of allylic oxidation sites excluding steroid dienone is 2. The highest BCUT2D eigenvalue weighted by molar-refractivity contribution is 6.09. The Morgan fingerprint density at radius 3 is 2.04 bits per heavy atom. The van der Waals surface area contributed by atoms with Gasteiger partial charge in [0, 0.05) is 6.08 Å². The van der Waals surface area contributed by atoms with Gasteiger partial charge >= 0.3 is 5.97 Å². The Morgan fingerprint density at radius 1 is 0.783 bits per heavy atom. The summed E-state index contributed by atoms with van der Waals surface area (Å²) < 4.78 is 5.12. The number of benzene rings is 2. The van der Waals surface area contributed by atoms with Crippen LogP contribution in [0.5, 0.6) is 0 Å². The summed E-state index contributed by atoms with van der Waals surface area (Å²) >= 11 is 0. The van der Waals surface area contributed by atoms with Gasteiger partial charge in [-0.05, 0) is 23.3 Å². The molecule has 0 radical (unpaired) electrons. The second-order valence-electron chi connectivity index (χ2n) is 4.91. The molecular formula is C20H15NO2. The van der Waals surface area contributed by atoms with Crippen LogP contribution >= 0.6 is 0 Å². The molecule has 1 heterocycles. The average Bonchev–Trinajstić information content (AvgIpc) is 2.95. The highest BCUT2D eigenvalue weighted by atomic mass is 16.6. The molecule has 3 rings (SSSR count). The normalized spacial score (nSPS) is 16.3. The quantitative estimate of drug-likeness (QED) is 0.625. The van der Waals surface area contributed by atoms with Crippen LogP contribution in [-0.2, 0) is 9.53 Å². The molecule has 2 aromatic rings. The van der Waals surface area contributed by atoms with Crippen LogP contribution in [0.3, 0.4) is 0 Å². The zero-order valence-corrected chi connectivity index (χ0v) is 12.4. The van der Waals surface area contributed by atoms with Crippen molar-refractivity contribution in [2.24, 2.45) is 4.99 Å². The first-order valence-electron chi connectivity index (χ1n) is 7.29. The molecule has 0 atom stereocenters. The average molecular weight is 301 g/mol. The van der Waals surface area contributed by atoms with Gasteiger partial charge < -0.3 is 4.74 Å². The molecule has 2 aromatic carbocycles. The molecule has 3 nitrogen and oxygen atoms in total. The van der Waals surface area contributed by atoms with Crippen LogP contribution < -0.4 is 0 Å². The fraction of sp³-hybridized carbons (Fsp3) is 0. The number of cyclic esters (lactones) is 1. The minimum atomic E-state index is -0.435. The third-order valence-electron chi connectivity index (χ3n) is 3.20. The van der Waals surface area contributed by atoms with Crippen LogP contribution in [0.1, 0.15) is 11.1 Å². The summed E-state index contributed by atoms with van der Waals surface area (Å²) in [6, 6.07) is 19.6. The van der Waals surface area contributed by atoms with E-state index in [4.69, 9.17) is 4.74 Å². The number of rotatable bonds is 4. The molecule has 0 bridgehead atoms. The molecule has 0 unspecified atom stereocenters. The summed E-state index contributed by atoms with van der Waals surface area (Å²) in [4.78, 5) is 15.9. The van der Waals surface area contributed by atoms with Crippen molar-refractivity contribution in [1.82, 2.24) is 0 Å². The van der Waals surface area contributed by atoms with Crippen molar-refractivity contribution in [2.45, 2.75) is 0 Å². The standard InChI is InChI=1S/C20H15NO2/c22-20-18(13-7-12-16-8-3-1-4-9-16)21-19(23-20)15-14-17-10-5-2-6-11-17/h1-15H/b12-7+,15-14?,18-13-. The number of nitrogens with zero attached hydrogens (tertiary/aromatic N) is 1. The van der Waals surface area contributed by atoms with E-state index in [2.05, 4.69) is 4.99 Å². The van der Waals surface area contributed by atoms with E-state index in [1.54, 1.807) is 18.2 Å². The lowest BCUT2D eigenvalue weighted by atomic mass is 10.2. The maximum Gasteiger partial charge on any atom is 0.363 e. The van der Waals surface area contributed by atoms with E-state index >= 15 is 0 Å². The minimum Gasteiger partial charge on any atom is -0.403 e. The van der Waals surface area contributed by atoms with Gasteiger partial charge in [-0.25, -0.2) is 9.79 Å². The van der Waals surface area contributed by atoms with Crippen molar-refractivity contribution in [3.05, 3.63) is 95.7 Å². The second kappa shape index (κ2) is 7.18. The Balaban J connectivity index is 1.70. The maximum absolute atomic E-state index is 11.8. The lowest BCUT2D eigenvalue weighted by Gasteiger charge is -1.92. The van der Waals surface area contributed by atoms with Crippen LogP contribution in [0.25, 0.3) is 12.2 Å². The van der Waals surface area contributed by atoms with E-state index in [-0.39, 0.29) is 0 Å². The number of hydrogen-bond donors (Lipinski definition) is 0. The predicted octanol–water partition coefficient (Wildman–Crippen LogP) is 4.25. The van der Waals surface area contributed by atoms with E-state index in [1.807, 2.05) is 72.8 Å². The first-order chi connectivity index (χ1) is 11.3. The van der Waals surface area contributed by atoms with Crippen molar-refractivity contribution >= 4 is 24.0 Å². The van der Waals surface area contributed by atoms with Gasteiger partial charge in [-0.15, -0.1) is 0 Å².